The van der Waals surface area contributed by atoms with Crippen molar-refractivity contribution in [2.75, 3.05) is 38.5 Å². The lowest BCUT2D eigenvalue weighted by Crippen LogP contribution is -2.47. The van der Waals surface area contributed by atoms with Crippen LogP contribution >= 0.6 is 11.6 Å². The molecule has 1 saturated heterocycles. The van der Waals surface area contributed by atoms with Crippen molar-refractivity contribution in [3.05, 3.63) is 52.7 Å². The fourth-order valence-corrected chi connectivity index (χ4v) is 3.02. The topological polar surface area (TPSA) is 48.5 Å². The van der Waals surface area contributed by atoms with Gasteiger partial charge >= 0.3 is 6.18 Å². The fraction of sp³-hybridized carbons (Fsp3) is 0.333. The summed E-state index contributed by atoms with van der Waals surface area (Å²) in [6.07, 6.45) is -3.10. The molecule has 3 rings (SSSR count). The van der Waals surface area contributed by atoms with E-state index in [0.29, 0.717) is 18.7 Å². The maximum absolute atomic E-state index is 13.0. The van der Waals surface area contributed by atoms with Crippen LogP contribution in [0, 0.1) is 0 Å². The number of carbonyl (C=O) groups excluding carboxylic acids is 1. The molecule has 2 aromatic rings. The summed E-state index contributed by atoms with van der Waals surface area (Å²) in [6.45, 7) is 2.86. The summed E-state index contributed by atoms with van der Waals surface area (Å²) < 4.78 is 39.0. The summed E-state index contributed by atoms with van der Waals surface area (Å²) in [5, 5.41) is 2.43. The zero-order valence-corrected chi connectivity index (χ0v) is 15.3. The molecule has 1 N–H and O–H groups in total. The van der Waals surface area contributed by atoms with E-state index in [1.807, 2.05) is 7.05 Å². The van der Waals surface area contributed by atoms with Crippen LogP contribution in [0.2, 0.25) is 5.02 Å². The van der Waals surface area contributed by atoms with Crippen molar-refractivity contribution >= 4 is 29.0 Å². The predicted octanol–water partition coefficient (Wildman–Crippen LogP) is 3.89. The molecule has 0 saturated carbocycles. The normalized spacial score (nSPS) is 15.7. The van der Waals surface area contributed by atoms with Crippen molar-refractivity contribution in [1.29, 1.82) is 0 Å². The molecular weight excluding hydrogens is 381 g/mol. The third-order valence-corrected chi connectivity index (χ3v) is 4.67. The zero-order valence-electron chi connectivity index (χ0n) is 14.6. The number of hydrogen-bond acceptors (Lipinski definition) is 4. The molecule has 1 aliphatic heterocycles. The summed E-state index contributed by atoms with van der Waals surface area (Å²) in [5.74, 6) is 0.158. The van der Waals surface area contributed by atoms with Gasteiger partial charge in [0.25, 0.3) is 5.91 Å². The van der Waals surface area contributed by atoms with E-state index in [1.165, 1.54) is 24.4 Å². The van der Waals surface area contributed by atoms with Crippen LogP contribution in [-0.4, -0.2) is 53.9 Å². The molecule has 2 heterocycles. The lowest BCUT2D eigenvalue weighted by atomic mass is 10.2. The van der Waals surface area contributed by atoms with Gasteiger partial charge in [-0.15, -0.1) is 0 Å². The van der Waals surface area contributed by atoms with E-state index in [1.54, 1.807) is 11.0 Å². The van der Waals surface area contributed by atoms with Gasteiger partial charge in [0.2, 0.25) is 0 Å². The molecule has 1 amide bonds. The molecule has 1 aromatic heterocycles. The Bertz CT molecular complexity index is 836. The number of likely N-dealkylation sites (N-methyl/N-ethyl adjacent to an activating group) is 1. The number of amides is 1. The van der Waals surface area contributed by atoms with Gasteiger partial charge in [0.15, 0.2) is 0 Å². The molecule has 0 radical (unpaired) electrons. The highest BCUT2D eigenvalue weighted by atomic mass is 35.5. The van der Waals surface area contributed by atoms with E-state index in [4.69, 9.17) is 11.6 Å². The van der Waals surface area contributed by atoms with E-state index in [9.17, 15) is 18.0 Å². The number of piperazine rings is 1. The lowest BCUT2D eigenvalue weighted by Gasteiger charge is -2.32. The minimum absolute atomic E-state index is 0.124. The van der Waals surface area contributed by atoms with Gasteiger partial charge in [-0.05, 0) is 37.4 Å². The van der Waals surface area contributed by atoms with E-state index in [2.05, 4.69) is 15.2 Å². The summed E-state index contributed by atoms with van der Waals surface area (Å²) >= 11 is 5.63. The minimum atomic E-state index is -4.55. The molecule has 5 nitrogen and oxygen atoms in total. The van der Waals surface area contributed by atoms with Crippen LogP contribution < -0.4 is 5.32 Å². The van der Waals surface area contributed by atoms with Gasteiger partial charge in [-0.2, -0.15) is 13.2 Å². The van der Waals surface area contributed by atoms with Crippen molar-refractivity contribution in [3.63, 3.8) is 0 Å². The summed E-state index contributed by atoms with van der Waals surface area (Å²) in [4.78, 5) is 20.6. The quantitative estimate of drug-likeness (QED) is 0.852. The van der Waals surface area contributed by atoms with Crippen LogP contribution in [0.15, 0.2) is 36.5 Å². The third-order valence-electron chi connectivity index (χ3n) is 4.34. The molecule has 1 aliphatic rings. The lowest BCUT2D eigenvalue weighted by molar-refractivity contribution is -0.137. The minimum Gasteiger partial charge on any atom is -0.340 e. The molecule has 27 heavy (non-hydrogen) atoms. The van der Waals surface area contributed by atoms with Crippen LogP contribution in [0.1, 0.15) is 15.9 Å². The second-order valence-corrected chi connectivity index (χ2v) is 6.75. The van der Waals surface area contributed by atoms with Gasteiger partial charge in [0.1, 0.15) is 5.82 Å². The number of hydrogen-bond donors (Lipinski definition) is 1. The Labute approximate surface area is 159 Å². The zero-order chi connectivity index (χ0) is 19.6. The Balaban J connectivity index is 1.77. The second kappa shape index (κ2) is 7.74. The number of benzene rings is 1. The molecule has 0 bridgehead atoms. The Kier molecular flexibility index (Phi) is 5.57. The van der Waals surface area contributed by atoms with Crippen molar-refractivity contribution in [1.82, 2.24) is 14.8 Å². The Hall–Kier alpha value is -2.32. The van der Waals surface area contributed by atoms with Gasteiger partial charge in [-0.25, -0.2) is 4.98 Å². The fourth-order valence-electron chi connectivity index (χ4n) is 2.79. The number of anilines is 2. The van der Waals surface area contributed by atoms with Gasteiger partial charge in [-0.3, -0.25) is 4.79 Å². The number of nitrogens with one attached hydrogen (secondary N) is 1. The number of nitrogens with zero attached hydrogens (tertiary/aromatic N) is 3. The number of aromatic nitrogens is 1. The number of alkyl halides is 3. The van der Waals surface area contributed by atoms with Crippen LogP contribution in [0.3, 0.4) is 0 Å². The second-order valence-electron chi connectivity index (χ2n) is 6.34. The Morgan fingerprint density at radius 3 is 2.52 bits per heavy atom. The molecule has 0 unspecified atom stereocenters. The third kappa shape index (κ3) is 4.70. The molecule has 0 aliphatic carbocycles. The first-order chi connectivity index (χ1) is 12.7. The smallest absolute Gasteiger partial charge is 0.340 e. The first kappa shape index (κ1) is 19.4. The number of carbonyl (C=O) groups is 1. The van der Waals surface area contributed by atoms with Crippen molar-refractivity contribution in [3.8, 4) is 0 Å². The van der Waals surface area contributed by atoms with Crippen LogP contribution in [-0.2, 0) is 6.18 Å². The molecule has 0 atom stereocenters. The summed E-state index contributed by atoms with van der Waals surface area (Å²) in [7, 11) is 2.00. The summed E-state index contributed by atoms with van der Waals surface area (Å²) in [6, 6.07) is 6.64. The van der Waals surface area contributed by atoms with Crippen LogP contribution in [0.25, 0.3) is 0 Å². The first-order valence-corrected chi connectivity index (χ1v) is 8.69. The van der Waals surface area contributed by atoms with Gasteiger partial charge in [0, 0.05) is 43.6 Å². The SMILES string of the molecule is CN1CCN(C(=O)c2ccnc(Nc3ccc(Cl)c(C(F)(F)F)c3)c2)CC1. The van der Waals surface area contributed by atoms with Gasteiger partial charge in [-0.1, -0.05) is 11.6 Å². The highest BCUT2D eigenvalue weighted by Crippen LogP contribution is 2.36. The average Bonchev–Trinajstić information content (AvgIpc) is 2.63. The average molecular weight is 399 g/mol. The Morgan fingerprint density at radius 1 is 1.15 bits per heavy atom. The first-order valence-electron chi connectivity index (χ1n) is 8.31. The van der Waals surface area contributed by atoms with E-state index in [-0.39, 0.29) is 22.4 Å². The highest BCUT2D eigenvalue weighted by Gasteiger charge is 2.33. The molecule has 0 spiro atoms. The molecule has 1 fully saturated rings. The van der Waals surface area contributed by atoms with Crippen molar-refractivity contribution in [2.24, 2.45) is 0 Å². The Morgan fingerprint density at radius 2 is 1.85 bits per heavy atom. The van der Waals surface area contributed by atoms with E-state index < -0.39 is 11.7 Å². The molecule has 1 aromatic carbocycles. The standard InChI is InChI=1S/C18H18ClF3N4O/c1-25-6-8-26(9-7-25)17(27)12-4-5-23-16(10-12)24-13-2-3-15(19)14(11-13)18(20,21)22/h2-5,10-11H,6-9H2,1H3,(H,23,24). The van der Waals surface area contributed by atoms with Crippen LogP contribution in [0.5, 0.6) is 0 Å². The van der Waals surface area contributed by atoms with E-state index in [0.717, 1.165) is 19.2 Å². The van der Waals surface area contributed by atoms with E-state index >= 15 is 0 Å². The largest absolute Gasteiger partial charge is 0.417 e. The maximum Gasteiger partial charge on any atom is 0.417 e. The van der Waals surface area contributed by atoms with Crippen molar-refractivity contribution in [2.45, 2.75) is 6.18 Å². The number of rotatable bonds is 3. The molecule has 9 heteroatoms. The predicted molar refractivity (Wildman–Crippen MR) is 97.4 cm³/mol. The van der Waals surface area contributed by atoms with Crippen LogP contribution in [0.4, 0.5) is 24.7 Å². The number of pyridine rings is 1. The monoisotopic (exact) mass is 398 g/mol. The molecule has 144 valence electrons. The molecular formula is C18H18ClF3N4O. The van der Waals surface area contributed by atoms with Gasteiger partial charge < -0.3 is 15.1 Å². The van der Waals surface area contributed by atoms with Gasteiger partial charge in [0.05, 0.1) is 10.6 Å². The number of halogens is 4. The maximum atomic E-state index is 13.0. The van der Waals surface area contributed by atoms with Crippen molar-refractivity contribution < 1.29 is 18.0 Å². The summed E-state index contributed by atoms with van der Waals surface area (Å²) in [5.41, 5.74) is -0.315. The highest BCUT2D eigenvalue weighted by molar-refractivity contribution is 6.31.